The van der Waals surface area contributed by atoms with Crippen molar-refractivity contribution in [3.05, 3.63) is 35.9 Å². The number of nitrogens with one attached hydrogen (secondary N) is 1. The van der Waals surface area contributed by atoms with Crippen LogP contribution in [0.3, 0.4) is 0 Å². The Bertz CT molecular complexity index is 387. The fourth-order valence-corrected chi connectivity index (χ4v) is 1.97. The van der Waals surface area contributed by atoms with Gasteiger partial charge in [0, 0.05) is 12.0 Å². The van der Waals surface area contributed by atoms with Gasteiger partial charge in [-0.05, 0) is 5.56 Å². The number of hydrogen-bond acceptors (Lipinski definition) is 2. The molecule has 18 heavy (non-hydrogen) atoms. The van der Waals surface area contributed by atoms with E-state index in [-0.39, 0.29) is 11.0 Å². The third-order valence-electron chi connectivity index (χ3n) is 3.09. The molecule has 1 aromatic rings. The first-order valence-corrected chi connectivity index (χ1v) is 5.84. The van der Waals surface area contributed by atoms with E-state index in [1.54, 1.807) is 18.2 Å². The molecule has 0 amide bonds. The number of alkyl halides is 3. The zero-order chi connectivity index (χ0) is 13.2. The van der Waals surface area contributed by atoms with E-state index in [1.807, 2.05) is 6.92 Å². The number of hydrogen-bond donors (Lipinski definition) is 1. The monoisotopic (exact) mass is 259 g/mol. The molecule has 1 atom stereocenters. The number of rotatable bonds is 4. The molecular formula is C13H16F3NO. The summed E-state index contributed by atoms with van der Waals surface area (Å²) in [6.07, 6.45) is -4.29. The Hall–Kier alpha value is -1.07. The van der Waals surface area contributed by atoms with Crippen LogP contribution in [0.4, 0.5) is 13.2 Å². The van der Waals surface area contributed by atoms with Crippen molar-refractivity contribution < 1.29 is 17.9 Å². The molecule has 1 N–H and O–H groups in total. The fraction of sp³-hybridized carbons (Fsp3) is 0.538. The van der Waals surface area contributed by atoms with Crippen LogP contribution in [0.2, 0.25) is 0 Å². The van der Waals surface area contributed by atoms with Crippen LogP contribution in [0, 0.1) is 5.41 Å². The van der Waals surface area contributed by atoms with E-state index < -0.39 is 12.2 Å². The van der Waals surface area contributed by atoms with Crippen molar-refractivity contribution in [2.45, 2.75) is 19.1 Å². The maximum atomic E-state index is 13.0. The molecule has 1 saturated heterocycles. The van der Waals surface area contributed by atoms with Crippen molar-refractivity contribution in [1.82, 2.24) is 5.32 Å². The van der Waals surface area contributed by atoms with Crippen LogP contribution in [0.1, 0.15) is 18.5 Å². The Morgan fingerprint density at radius 2 is 1.89 bits per heavy atom. The summed E-state index contributed by atoms with van der Waals surface area (Å²) in [6.45, 7) is 3.24. The molecule has 0 spiro atoms. The highest BCUT2D eigenvalue weighted by atomic mass is 19.4. The van der Waals surface area contributed by atoms with Crippen molar-refractivity contribution in [1.29, 1.82) is 0 Å². The zero-order valence-electron chi connectivity index (χ0n) is 10.1. The molecule has 1 aliphatic rings. The molecule has 5 heteroatoms. The lowest BCUT2D eigenvalue weighted by Crippen LogP contribution is -2.49. The second-order valence-electron chi connectivity index (χ2n) is 5.07. The standard InChI is InChI=1S/C13H16F3NO/c1-12(8-18-9-12)7-17-11(13(14,15)16)10-5-3-2-4-6-10/h2-6,11,17H,7-9H2,1H3. The zero-order valence-corrected chi connectivity index (χ0v) is 10.1. The largest absolute Gasteiger partial charge is 0.407 e. The molecule has 0 aliphatic carbocycles. The van der Waals surface area contributed by atoms with Crippen LogP contribution < -0.4 is 5.32 Å². The van der Waals surface area contributed by atoms with E-state index in [0.29, 0.717) is 19.8 Å². The molecule has 2 rings (SSSR count). The molecule has 0 aromatic heterocycles. The van der Waals surface area contributed by atoms with Crippen LogP contribution >= 0.6 is 0 Å². The van der Waals surface area contributed by atoms with E-state index in [0.717, 1.165) is 0 Å². The van der Waals surface area contributed by atoms with E-state index >= 15 is 0 Å². The molecule has 0 bridgehead atoms. The number of benzene rings is 1. The van der Waals surface area contributed by atoms with E-state index in [4.69, 9.17) is 4.74 Å². The van der Waals surface area contributed by atoms with Gasteiger partial charge in [-0.1, -0.05) is 37.3 Å². The van der Waals surface area contributed by atoms with Crippen LogP contribution in [-0.2, 0) is 4.74 Å². The van der Waals surface area contributed by atoms with Crippen LogP contribution in [0.25, 0.3) is 0 Å². The summed E-state index contributed by atoms with van der Waals surface area (Å²) in [5, 5.41) is 2.61. The number of halogens is 3. The summed E-state index contributed by atoms with van der Waals surface area (Å²) in [6, 6.07) is 6.30. The van der Waals surface area contributed by atoms with Gasteiger partial charge in [-0.2, -0.15) is 13.2 Å². The summed E-state index contributed by atoms with van der Waals surface area (Å²) in [7, 11) is 0. The summed E-state index contributed by atoms with van der Waals surface area (Å²) in [5.41, 5.74) is 0.0620. The first-order chi connectivity index (χ1) is 8.41. The van der Waals surface area contributed by atoms with Gasteiger partial charge >= 0.3 is 6.18 Å². The SMILES string of the molecule is CC1(CNC(c2ccccc2)C(F)(F)F)COC1. The van der Waals surface area contributed by atoms with Gasteiger partial charge in [0.05, 0.1) is 13.2 Å². The molecule has 100 valence electrons. The molecule has 2 nitrogen and oxygen atoms in total. The van der Waals surface area contributed by atoms with Gasteiger partial charge in [-0.25, -0.2) is 0 Å². The highest BCUT2D eigenvalue weighted by Crippen LogP contribution is 2.34. The van der Waals surface area contributed by atoms with Crippen molar-refractivity contribution in [3.8, 4) is 0 Å². The lowest BCUT2D eigenvalue weighted by Gasteiger charge is -2.39. The van der Waals surface area contributed by atoms with Crippen molar-refractivity contribution in [3.63, 3.8) is 0 Å². The van der Waals surface area contributed by atoms with Crippen LogP contribution in [0.5, 0.6) is 0 Å². The first kappa shape index (κ1) is 13.4. The molecule has 1 aromatic carbocycles. The summed E-state index contributed by atoms with van der Waals surface area (Å²) >= 11 is 0. The lowest BCUT2D eigenvalue weighted by molar-refractivity contribution is -0.164. The van der Waals surface area contributed by atoms with Crippen molar-refractivity contribution >= 4 is 0 Å². The Morgan fingerprint density at radius 1 is 1.28 bits per heavy atom. The highest BCUT2D eigenvalue weighted by Gasteiger charge is 2.42. The third kappa shape index (κ3) is 3.03. The predicted molar refractivity (Wildman–Crippen MR) is 62.2 cm³/mol. The molecule has 1 aliphatic heterocycles. The van der Waals surface area contributed by atoms with Gasteiger partial charge in [-0.3, -0.25) is 0 Å². The Kier molecular flexibility index (Phi) is 3.64. The minimum Gasteiger partial charge on any atom is -0.380 e. The van der Waals surface area contributed by atoms with Crippen molar-refractivity contribution in [2.24, 2.45) is 5.41 Å². The molecule has 1 heterocycles. The molecular weight excluding hydrogens is 243 g/mol. The first-order valence-electron chi connectivity index (χ1n) is 5.84. The molecule has 0 saturated carbocycles. The fourth-order valence-electron chi connectivity index (χ4n) is 1.97. The molecule has 1 fully saturated rings. The van der Waals surface area contributed by atoms with Gasteiger partial charge in [-0.15, -0.1) is 0 Å². The van der Waals surface area contributed by atoms with E-state index in [2.05, 4.69) is 5.32 Å². The van der Waals surface area contributed by atoms with Gasteiger partial charge in [0.25, 0.3) is 0 Å². The summed E-state index contributed by atoms with van der Waals surface area (Å²) in [5.74, 6) is 0. The summed E-state index contributed by atoms with van der Waals surface area (Å²) < 4.78 is 44.1. The van der Waals surface area contributed by atoms with Gasteiger partial charge < -0.3 is 10.1 Å². The number of ether oxygens (including phenoxy) is 1. The third-order valence-corrected chi connectivity index (χ3v) is 3.09. The average Bonchev–Trinajstić information content (AvgIpc) is 2.26. The smallest absolute Gasteiger partial charge is 0.380 e. The Balaban J connectivity index is 2.07. The average molecular weight is 259 g/mol. The van der Waals surface area contributed by atoms with Gasteiger partial charge in [0.1, 0.15) is 6.04 Å². The maximum Gasteiger partial charge on any atom is 0.407 e. The van der Waals surface area contributed by atoms with Gasteiger partial charge in [0.2, 0.25) is 0 Å². The maximum absolute atomic E-state index is 13.0. The quantitative estimate of drug-likeness (QED) is 0.897. The second kappa shape index (κ2) is 4.90. The van der Waals surface area contributed by atoms with Crippen LogP contribution in [-0.4, -0.2) is 25.9 Å². The second-order valence-corrected chi connectivity index (χ2v) is 5.07. The Morgan fingerprint density at radius 3 is 2.33 bits per heavy atom. The minimum absolute atomic E-state index is 0.182. The Labute approximate surface area is 104 Å². The predicted octanol–water partition coefficient (Wildman–Crippen LogP) is 2.92. The van der Waals surface area contributed by atoms with Gasteiger partial charge in [0.15, 0.2) is 0 Å². The van der Waals surface area contributed by atoms with E-state index in [9.17, 15) is 13.2 Å². The molecule has 0 radical (unpaired) electrons. The normalized spacial score (nSPS) is 20.2. The molecule has 1 unspecified atom stereocenters. The lowest BCUT2D eigenvalue weighted by atomic mass is 9.88. The van der Waals surface area contributed by atoms with Crippen LogP contribution in [0.15, 0.2) is 30.3 Å². The highest BCUT2D eigenvalue weighted by molar-refractivity contribution is 5.20. The van der Waals surface area contributed by atoms with Crippen molar-refractivity contribution in [2.75, 3.05) is 19.8 Å². The van der Waals surface area contributed by atoms with E-state index in [1.165, 1.54) is 12.1 Å². The minimum atomic E-state index is -4.29. The summed E-state index contributed by atoms with van der Waals surface area (Å²) in [4.78, 5) is 0. The topological polar surface area (TPSA) is 21.3 Å².